The van der Waals surface area contributed by atoms with E-state index in [9.17, 15) is 9.59 Å². The van der Waals surface area contributed by atoms with Crippen LogP contribution in [0.2, 0.25) is 0 Å². The van der Waals surface area contributed by atoms with Crippen molar-refractivity contribution < 1.29 is 9.59 Å². The van der Waals surface area contributed by atoms with Gasteiger partial charge in [0.25, 0.3) is 0 Å². The van der Waals surface area contributed by atoms with E-state index in [2.05, 4.69) is 10.3 Å². The first kappa shape index (κ1) is 13.6. The molecule has 1 N–H and O–H groups in total. The topological polar surface area (TPSA) is 62.3 Å². The molecule has 0 bridgehead atoms. The second kappa shape index (κ2) is 7.01. The number of anilines is 1. The van der Waals surface area contributed by atoms with Crippen LogP contribution in [-0.2, 0) is 9.59 Å². The Morgan fingerprint density at radius 1 is 1.35 bits per heavy atom. The summed E-state index contributed by atoms with van der Waals surface area (Å²) in [5.74, 6) is -1.09. The summed E-state index contributed by atoms with van der Waals surface area (Å²) in [6, 6.07) is 0. The number of thiazole rings is 1. The average Bonchev–Trinajstić information content (AvgIpc) is 2.80. The number of carbonyl (C=O) groups is 2. The van der Waals surface area contributed by atoms with Crippen molar-refractivity contribution >= 4 is 28.3 Å². The van der Waals surface area contributed by atoms with Crippen molar-refractivity contribution in [3.8, 4) is 0 Å². The van der Waals surface area contributed by atoms with Crippen LogP contribution in [-0.4, -0.2) is 34.8 Å². The van der Waals surface area contributed by atoms with E-state index in [0.29, 0.717) is 18.2 Å². The smallest absolute Gasteiger partial charge is 0.315 e. The van der Waals surface area contributed by atoms with Crippen molar-refractivity contribution in [3.05, 3.63) is 11.6 Å². The zero-order valence-corrected chi connectivity index (χ0v) is 10.9. The zero-order valence-electron chi connectivity index (χ0n) is 10.1. The maximum absolute atomic E-state index is 11.8. The lowest BCUT2D eigenvalue weighted by atomic mass is 10.3. The second-order valence-corrected chi connectivity index (χ2v) is 4.48. The number of amides is 2. The third kappa shape index (κ3) is 4.14. The molecule has 0 unspecified atom stereocenters. The fraction of sp³-hybridized carbons (Fsp3) is 0.545. The Balaban J connectivity index is 2.57. The molecule has 1 aromatic heterocycles. The van der Waals surface area contributed by atoms with Gasteiger partial charge in [-0.15, -0.1) is 11.3 Å². The quantitative estimate of drug-likeness (QED) is 0.815. The molecule has 17 heavy (non-hydrogen) atoms. The van der Waals surface area contributed by atoms with Crippen molar-refractivity contribution in [1.29, 1.82) is 0 Å². The average molecular weight is 255 g/mol. The summed E-state index contributed by atoms with van der Waals surface area (Å²) < 4.78 is 0. The minimum atomic E-state index is -0.609. The summed E-state index contributed by atoms with van der Waals surface area (Å²) in [5, 5.41) is 4.70. The second-order valence-electron chi connectivity index (χ2n) is 3.58. The molecule has 0 radical (unpaired) electrons. The summed E-state index contributed by atoms with van der Waals surface area (Å²) in [7, 11) is 0. The summed E-state index contributed by atoms with van der Waals surface area (Å²) in [4.78, 5) is 29.0. The highest BCUT2D eigenvalue weighted by Crippen LogP contribution is 2.10. The number of carbonyl (C=O) groups excluding carboxylic acids is 2. The molecule has 5 nitrogen and oxygen atoms in total. The molecule has 0 spiro atoms. The van der Waals surface area contributed by atoms with Gasteiger partial charge in [0.2, 0.25) is 0 Å². The van der Waals surface area contributed by atoms with Gasteiger partial charge in [-0.2, -0.15) is 0 Å². The minimum Gasteiger partial charge on any atom is -0.334 e. The highest BCUT2D eigenvalue weighted by Gasteiger charge is 2.21. The van der Waals surface area contributed by atoms with E-state index in [-0.39, 0.29) is 0 Å². The van der Waals surface area contributed by atoms with Crippen molar-refractivity contribution in [2.75, 3.05) is 18.4 Å². The third-order valence-corrected chi connectivity index (χ3v) is 2.81. The van der Waals surface area contributed by atoms with Gasteiger partial charge in [-0.3, -0.25) is 14.9 Å². The molecule has 1 heterocycles. The molecule has 6 heteroatoms. The van der Waals surface area contributed by atoms with Crippen LogP contribution in [0.5, 0.6) is 0 Å². The van der Waals surface area contributed by atoms with Crippen LogP contribution in [0.1, 0.15) is 26.7 Å². The van der Waals surface area contributed by atoms with Crippen LogP contribution in [0.3, 0.4) is 0 Å². The summed E-state index contributed by atoms with van der Waals surface area (Å²) in [6.07, 6.45) is 3.27. The first-order valence-electron chi connectivity index (χ1n) is 5.68. The number of hydrogen-bond acceptors (Lipinski definition) is 4. The van der Waals surface area contributed by atoms with Gasteiger partial charge >= 0.3 is 11.8 Å². The van der Waals surface area contributed by atoms with Gasteiger partial charge < -0.3 is 4.90 Å². The normalized spacial score (nSPS) is 10.0. The van der Waals surface area contributed by atoms with Gasteiger partial charge in [0, 0.05) is 24.7 Å². The molecule has 2 amide bonds. The van der Waals surface area contributed by atoms with Crippen LogP contribution >= 0.6 is 11.3 Å². The van der Waals surface area contributed by atoms with Crippen LogP contribution in [0.15, 0.2) is 11.6 Å². The third-order valence-electron chi connectivity index (χ3n) is 2.12. The lowest BCUT2D eigenvalue weighted by Gasteiger charge is -2.20. The van der Waals surface area contributed by atoms with Crippen LogP contribution < -0.4 is 5.32 Å². The molecule has 0 saturated carbocycles. The number of aromatic nitrogens is 1. The molecule has 1 rings (SSSR count). The fourth-order valence-electron chi connectivity index (χ4n) is 1.43. The Morgan fingerprint density at radius 3 is 2.47 bits per heavy atom. The van der Waals surface area contributed by atoms with Gasteiger partial charge in [0.05, 0.1) is 0 Å². The van der Waals surface area contributed by atoms with Crippen LogP contribution in [0.4, 0.5) is 5.13 Å². The van der Waals surface area contributed by atoms with Gasteiger partial charge in [-0.05, 0) is 12.8 Å². The van der Waals surface area contributed by atoms with Crippen LogP contribution in [0, 0.1) is 0 Å². The first-order chi connectivity index (χ1) is 8.19. The van der Waals surface area contributed by atoms with Crippen molar-refractivity contribution in [2.24, 2.45) is 0 Å². The predicted molar refractivity (Wildman–Crippen MR) is 67.9 cm³/mol. The van der Waals surface area contributed by atoms with E-state index in [4.69, 9.17) is 0 Å². The van der Waals surface area contributed by atoms with E-state index in [0.717, 1.165) is 12.8 Å². The van der Waals surface area contributed by atoms with E-state index < -0.39 is 11.8 Å². The Kier molecular flexibility index (Phi) is 5.62. The molecule has 0 atom stereocenters. The molecule has 0 aliphatic heterocycles. The Bertz CT molecular complexity index is 359. The van der Waals surface area contributed by atoms with Crippen molar-refractivity contribution in [1.82, 2.24) is 9.88 Å². The molecular weight excluding hydrogens is 238 g/mol. The zero-order chi connectivity index (χ0) is 12.7. The van der Waals surface area contributed by atoms with Gasteiger partial charge in [0.1, 0.15) is 0 Å². The first-order valence-corrected chi connectivity index (χ1v) is 6.56. The van der Waals surface area contributed by atoms with Crippen LogP contribution in [0.25, 0.3) is 0 Å². The molecule has 0 fully saturated rings. The number of rotatable bonds is 5. The fourth-order valence-corrected chi connectivity index (χ4v) is 1.96. The van der Waals surface area contributed by atoms with Gasteiger partial charge in [-0.25, -0.2) is 4.98 Å². The molecule has 1 aromatic rings. The number of nitrogens with zero attached hydrogens (tertiary/aromatic N) is 2. The van der Waals surface area contributed by atoms with Gasteiger partial charge in [-0.1, -0.05) is 13.8 Å². The highest BCUT2D eigenvalue weighted by atomic mass is 32.1. The van der Waals surface area contributed by atoms with Crippen molar-refractivity contribution in [3.63, 3.8) is 0 Å². The van der Waals surface area contributed by atoms with E-state index in [1.807, 2.05) is 13.8 Å². The summed E-state index contributed by atoms with van der Waals surface area (Å²) >= 11 is 1.29. The monoisotopic (exact) mass is 255 g/mol. The van der Waals surface area contributed by atoms with Crippen molar-refractivity contribution in [2.45, 2.75) is 26.7 Å². The molecule has 0 aliphatic rings. The maximum atomic E-state index is 11.8. The van der Waals surface area contributed by atoms with E-state index >= 15 is 0 Å². The Hall–Kier alpha value is -1.43. The molecule has 0 saturated heterocycles. The lowest BCUT2D eigenvalue weighted by molar-refractivity contribution is -0.143. The molecular formula is C11H17N3O2S. The van der Waals surface area contributed by atoms with E-state index in [1.54, 1.807) is 16.5 Å². The minimum absolute atomic E-state index is 0.455. The largest absolute Gasteiger partial charge is 0.334 e. The number of nitrogens with one attached hydrogen (secondary N) is 1. The standard InChI is InChI=1S/C11H17N3O2S/c1-3-6-14(7-4-2)10(16)9(15)13-11-12-5-8-17-11/h5,8H,3-4,6-7H2,1-2H3,(H,12,13,15). The summed E-state index contributed by atoms with van der Waals surface area (Å²) in [5.41, 5.74) is 0. The van der Waals surface area contributed by atoms with Gasteiger partial charge in [0.15, 0.2) is 5.13 Å². The Labute approximate surface area is 105 Å². The molecule has 94 valence electrons. The predicted octanol–water partition coefficient (Wildman–Crippen LogP) is 1.73. The SMILES string of the molecule is CCCN(CCC)C(=O)C(=O)Nc1nccs1. The summed E-state index contributed by atoms with van der Waals surface area (Å²) in [6.45, 7) is 5.18. The van der Waals surface area contributed by atoms with E-state index in [1.165, 1.54) is 11.3 Å². The lowest BCUT2D eigenvalue weighted by Crippen LogP contribution is -2.40. The maximum Gasteiger partial charge on any atom is 0.315 e. The highest BCUT2D eigenvalue weighted by molar-refractivity contribution is 7.13. The Morgan fingerprint density at radius 2 is 2.00 bits per heavy atom. The number of hydrogen-bond donors (Lipinski definition) is 1. The molecule has 0 aliphatic carbocycles. The molecule has 0 aromatic carbocycles.